The fraction of sp³-hybridized carbons (Fsp3) is 0.613. The standard InChI is InChI=1S/C31H39F8N7O7S/c1-28(2,30(34,35)36)20(41-26(50)52-5)22(48)40-11-16(47)12-46(45-23(49)21(42-27(51)53-6)29(3,4)31(37,38)39)13-17-18(32)9-15(10-19(17)33)25-44-43-24(54-25)14-7-8-14/h9-10,14,16,20-21,47H,7-8,11-13H2,1-6H3,(H,40,48)(H,41,50)(H,42,51)(H,45,49)/t16-,20?,21-/m1/s1. The number of halogens is 8. The third kappa shape index (κ3) is 10.6. The van der Waals surface area contributed by atoms with Crippen molar-refractivity contribution in [3.63, 3.8) is 0 Å². The molecule has 5 N–H and O–H groups in total. The van der Waals surface area contributed by atoms with E-state index in [4.69, 9.17) is 0 Å². The van der Waals surface area contributed by atoms with E-state index in [1.54, 1.807) is 10.6 Å². The van der Waals surface area contributed by atoms with E-state index in [1.807, 2.05) is 10.7 Å². The monoisotopic (exact) mass is 805 g/mol. The minimum Gasteiger partial charge on any atom is -0.453 e. The van der Waals surface area contributed by atoms with Gasteiger partial charge in [-0.2, -0.15) is 26.3 Å². The lowest BCUT2D eigenvalue weighted by molar-refractivity contribution is -0.221. The summed E-state index contributed by atoms with van der Waals surface area (Å²) in [7, 11) is 1.64. The van der Waals surface area contributed by atoms with E-state index in [0.29, 0.717) is 37.7 Å². The van der Waals surface area contributed by atoms with Crippen LogP contribution in [-0.2, 0) is 25.6 Å². The Balaban J connectivity index is 1.93. The summed E-state index contributed by atoms with van der Waals surface area (Å²) in [5.74, 6) is -5.26. The van der Waals surface area contributed by atoms with Crippen molar-refractivity contribution in [3.8, 4) is 10.6 Å². The fourth-order valence-corrected chi connectivity index (χ4v) is 5.75. The van der Waals surface area contributed by atoms with Gasteiger partial charge in [0, 0.05) is 36.7 Å². The Hall–Kier alpha value is -4.38. The van der Waals surface area contributed by atoms with Gasteiger partial charge in [0.15, 0.2) is 0 Å². The number of rotatable bonds is 15. The van der Waals surface area contributed by atoms with Crippen molar-refractivity contribution in [2.24, 2.45) is 10.8 Å². The van der Waals surface area contributed by atoms with Crippen molar-refractivity contribution in [2.75, 3.05) is 27.3 Å². The molecule has 1 saturated carbocycles. The van der Waals surface area contributed by atoms with Crippen LogP contribution in [0.5, 0.6) is 0 Å². The average Bonchev–Trinajstić information content (AvgIpc) is 3.80. The summed E-state index contributed by atoms with van der Waals surface area (Å²) in [4.78, 5) is 50.1. The third-order valence-corrected chi connectivity index (χ3v) is 9.77. The largest absolute Gasteiger partial charge is 0.453 e. The number of hydrogen-bond acceptors (Lipinski definition) is 11. The smallest absolute Gasteiger partial charge is 0.407 e. The number of carbonyl (C=O) groups excluding carboxylic acids is 4. The number of hydrogen-bond donors (Lipinski definition) is 5. The van der Waals surface area contributed by atoms with Crippen LogP contribution in [0.15, 0.2) is 12.1 Å². The normalized spacial score (nSPS) is 15.6. The Bertz CT molecular complexity index is 1660. The van der Waals surface area contributed by atoms with Gasteiger partial charge < -0.3 is 30.5 Å². The molecule has 54 heavy (non-hydrogen) atoms. The number of aliphatic hydroxyl groups is 1. The number of carbonyl (C=O) groups is 4. The summed E-state index contributed by atoms with van der Waals surface area (Å²) in [6, 6.07) is -2.94. The summed E-state index contributed by atoms with van der Waals surface area (Å²) < 4.78 is 123. The fourth-order valence-electron chi connectivity index (χ4n) is 4.75. The van der Waals surface area contributed by atoms with E-state index in [9.17, 15) is 50.6 Å². The van der Waals surface area contributed by atoms with Crippen LogP contribution in [0.1, 0.15) is 57.0 Å². The van der Waals surface area contributed by atoms with Gasteiger partial charge in [0.2, 0.25) is 5.91 Å². The molecule has 3 atom stereocenters. The number of nitrogens with one attached hydrogen (secondary N) is 4. The molecule has 1 heterocycles. The lowest BCUT2D eigenvalue weighted by atomic mass is 9.83. The number of aliphatic hydroxyl groups excluding tert-OH is 1. The SMILES string of the molecule is COC(=O)NC(C(=O)NC[C@@H](O)CN(Cc1c(F)cc(-c2nnc(C3CC3)s2)cc1F)NC(=O)[C@@H](NC(=O)OC)C(C)(C)C(F)(F)F)C(C)(C)C(F)(F)F. The molecule has 4 amide bonds. The van der Waals surface area contributed by atoms with Crippen molar-refractivity contribution in [3.05, 3.63) is 34.3 Å². The number of aromatic nitrogens is 2. The van der Waals surface area contributed by atoms with Crippen molar-refractivity contribution >= 4 is 35.3 Å². The summed E-state index contributed by atoms with van der Waals surface area (Å²) in [6.07, 6.45) is -13.1. The topological polar surface area (TPSA) is 184 Å². The summed E-state index contributed by atoms with van der Waals surface area (Å²) in [5.41, 5.74) is -4.65. The highest BCUT2D eigenvalue weighted by Gasteiger charge is 2.57. The second-order valence-corrected chi connectivity index (χ2v) is 14.5. The van der Waals surface area contributed by atoms with Gasteiger partial charge in [-0.1, -0.05) is 11.3 Å². The van der Waals surface area contributed by atoms with E-state index in [0.717, 1.165) is 50.5 Å². The molecule has 1 unspecified atom stereocenters. The van der Waals surface area contributed by atoms with Crippen LogP contribution in [0, 0.1) is 22.5 Å². The summed E-state index contributed by atoms with van der Waals surface area (Å²) in [6.45, 7) is -0.472. The number of methoxy groups -OCH3 is 2. The number of amides is 4. The molecular weight excluding hydrogens is 766 g/mol. The zero-order chi connectivity index (χ0) is 41.0. The van der Waals surface area contributed by atoms with Gasteiger partial charge in [0.1, 0.15) is 33.7 Å². The van der Waals surface area contributed by atoms with E-state index in [2.05, 4.69) is 19.7 Å². The molecule has 1 aromatic carbocycles. The molecule has 1 fully saturated rings. The summed E-state index contributed by atoms with van der Waals surface area (Å²) >= 11 is 1.12. The van der Waals surface area contributed by atoms with Gasteiger partial charge in [-0.15, -0.1) is 10.2 Å². The quantitative estimate of drug-likeness (QED) is 0.129. The first-order valence-electron chi connectivity index (χ1n) is 16.0. The maximum Gasteiger partial charge on any atom is 0.407 e. The Morgan fingerprint density at radius 2 is 1.35 bits per heavy atom. The van der Waals surface area contributed by atoms with Crippen LogP contribution >= 0.6 is 11.3 Å². The van der Waals surface area contributed by atoms with Gasteiger partial charge in [-0.25, -0.2) is 23.4 Å². The molecule has 2 aromatic rings. The van der Waals surface area contributed by atoms with Crippen LogP contribution in [0.2, 0.25) is 0 Å². The van der Waals surface area contributed by atoms with Gasteiger partial charge >= 0.3 is 24.5 Å². The second kappa shape index (κ2) is 17.0. The Kier molecular flexibility index (Phi) is 13.8. The van der Waals surface area contributed by atoms with Crippen LogP contribution in [0.3, 0.4) is 0 Å². The summed E-state index contributed by atoms with van der Waals surface area (Å²) in [5, 5.41) is 25.8. The number of hydrazine groups is 1. The minimum atomic E-state index is -5.12. The molecule has 302 valence electrons. The molecule has 0 bridgehead atoms. The van der Waals surface area contributed by atoms with Crippen molar-refractivity contribution in [1.82, 2.24) is 36.6 Å². The first kappa shape index (κ1) is 44.0. The Labute approximate surface area is 307 Å². The molecule has 1 aromatic heterocycles. The molecule has 0 saturated heterocycles. The molecule has 3 rings (SSSR count). The first-order valence-corrected chi connectivity index (χ1v) is 16.8. The lowest BCUT2D eigenvalue weighted by Gasteiger charge is -2.37. The number of ether oxygens (including phenoxy) is 2. The van der Waals surface area contributed by atoms with Crippen molar-refractivity contribution < 1.29 is 68.9 Å². The molecule has 14 nitrogen and oxygen atoms in total. The van der Waals surface area contributed by atoms with Gasteiger partial charge in [0.05, 0.1) is 31.2 Å². The Morgan fingerprint density at radius 1 is 0.870 bits per heavy atom. The highest BCUT2D eigenvalue weighted by atomic mass is 32.1. The molecule has 23 heteroatoms. The minimum absolute atomic E-state index is 0.00245. The zero-order valence-corrected chi connectivity index (χ0v) is 30.5. The van der Waals surface area contributed by atoms with Crippen molar-refractivity contribution in [2.45, 2.75) is 83.5 Å². The highest BCUT2D eigenvalue weighted by Crippen LogP contribution is 2.43. The molecular formula is C31H39F8N7O7S. The highest BCUT2D eigenvalue weighted by molar-refractivity contribution is 7.14. The van der Waals surface area contributed by atoms with Gasteiger partial charge in [0.25, 0.3) is 5.91 Å². The lowest BCUT2D eigenvalue weighted by Crippen LogP contribution is -2.62. The molecule has 0 spiro atoms. The van der Waals surface area contributed by atoms with Crippen molar-refractivity contribution in [1.29, 1.82) is 0 Å². The second-order valence-electron chi connectivity index (χ2n) is 13.5. The first-order chi connectivity index (χ1) is 24.8. The van der Waals surface area contributed by atoms with Crippen LogP contribution < -0.4 is 21.4 Å². The maximum atomic E-state index is 15.5. The van der Waals surface area contributed by atoms with Crippen LogP contribution in [-0.4, -0.2) is 102 Å². The molecule has 1 aliphatic rings. The third-order valence-electron chi connectivity index (χ3n) is 8.64. The van der Waals surface area contributed by atoms with E-state index < -0.39 is 102 Å². The van der Waals surface area contributed by atoms with E-state index in [1.165, 1.54) is 0 Å². The number of benzene rings is 1. The van der Waals surface area contributed by atoms with Gasteiger partial charge in [-0.3, -0.25) is 15.0 Å². The van der Waals surface area contributed by atoms with E-state index >= 15 is 8.78 Å². The number of alkyl halides is 6. The predicted molar refractivity (Wildman–Crippen MR) is 173 cm³/mol. The number of alkyl carbamates (subject to hydrolysis) is 2. The molecule has 1 aliphatic carbocycles. The number of nitrogens with zero attached hydrogens (tertiary/aromatic N) is 3. The van der Waals surface area contributed by atoms with E-state index in [-0.39, 0.29) is 16.5 Å². The maximum absolute atomic E-state index is 15.5. The van der Waals surface area contributed by atoms with Crippen LogP contribution in [0.4, 0.5) is 44.7 Å². The predicted octanol–water partition coefficient (Wildman–Crippen LogP) is 4.30. The average molecular weight is 806 g/mol. The van der Waals surface area contributed by atoms with Gasteiger partial charge in [-0.05, 0) is 52.7 Å². The molecule has 0 radical (unpaired) electrons. The van der Waals surface area contributed by atoms with Crippen LogP contribution in [0.25, 0.3) is 10.6 Å². The zero-order valence-electron chi connectivity index (χ0n) is 29.7. The Morgan fingerprint density at radius 3 is 1.80 bits per heavy atom. The molecule has 0 aliphatic heterocycles.